The minimum atomic E-state index is -5.19. The predicted molar refractivity (Wildman–Crippen MR) is 129 cm³/mol. The van der Waals surface area contributed by atoms with E-state index in [1.165, 1.54) is 16.9 Å². The summed E-state index contributed by atoms with van der Waals surface area (Å²) < 4.78 is 31.5. The second kappa shape index (κ2) is 10.6. The molecule has 3 aromatic heterocycles. The first kappa shape index (κ1) is 25.6. The van der Waals surface area contributed by atoms with Gasteiger partial charge in [-0.05, 0) is 12.1 Å². The number of nitrogens with two attached hydrogens (primary N) is 1. The maximum Gasteiger partial charge on any atom is 0.430 e. The number of carbonyl (C=O) groups excluding carboxylic acids is 1. The largest absolute Gasteiger partial charge is 0.542 e. The van der Waals surface area contributed by atoms with Gasteiger partial charge in [0.05, 0.1) is 17.9 Å². The van der Waals surface area contributed by atoms with Gasteiger partial charge in [0.15, 0.2) is 10.7 Å². The van der Waals surface area contributed by atoms with E-state index >= 15 is 0 Å². The molecule has 0 aliphatic carbocycles. The van der Waals surface area contributed by atoms with Crippen LogP contribution in [0.15, 0.2) is 66.7 Å². The smallest absolute Gasteiger partial charge is 0.430 e. The molecule has 37 heavy (non-hydrogen) atoms. The van der Waals surface area contributed by atoms with Gasteiger partial charge in [-0.15, -0.1) is 10.2 Å². The van der Waals surface area contributed by atoms with Crippen LogP contribution >= 0.6 is 11.3 Å². The third-order valence-corrected chi connectivity index (χ3v) is 5.76. The Hall–Kier alpha value is -4.49. The van der Waals surface area contributed by atoms with Crippen LogP contribution in [0.25, 0.3) is 44.4 Å². The lowest BCUT2D eigenvalue weighted by Crippen LogP contribution is -2.47. The highest BCUT2D eigenvalue weighted by atomic mass is 32.1. The zero-order valence-electron chi connectivity index (χ0n) is 18.9. The van der Waals surface area contributed by atoms with Crippen LogP contribution in [0.5, 0.6) is 0 Å². The van der Waals surface area contributed by atoms with Crippen molar-refractivity contribution < 1.29 is 28.8 Å². The summed E-state index contributed by atoms with van der Waals surface area (Å²) in [5.74, 6) is -3.01. The van der Waals surface area contributed by atoms with Gasteiger partial charge >= 0.3 is 6.18 Å². The van der Waals surface area contributed by atoms with Crippen LogP contribution in [0.1, 0.15) is 5.56 Å². The number of quaternary nitrogens is 1. The van der Waals surface area contributed by atoms with Gasteiger partial charge in [0, 0.05) is 16.7 Å². The van der Waals surface area contributed by atoms with E-state index in [0.29, 0.717) is 27.0 Å². The Morgan fingerprint density at radius 3 is 2.08 bits per heavy atom. The monoisotopic (exact) mass is 525 g/mol. The fourth-order valence-electron chi connectivity index (χ4n) is 3.23. The summed E-state index contributed by atoms with van der Waals surface area (Å²) in [5, 5.41) is 17.8. The molecule has 0 bridgehead atoms. The molecule has 0 amide bonds. The number of benzene rings is 2. The Bertz CT molecular complexity index is 1540. The molecule has 5 aromatic rings. The number of pyridine rings is 1. The van der Waals surface area contributed by atoms with Crippen LogP contribution < -0.4 is 16.6 Å². The Morgan fingerprint density at radius 1 is 0.892 bits per heavy atom. The zero-order valence-corrected chi connectivity index (χ0v) is 19.8. The predicted octanol–water partition coefficient (Wildman–Crippen LogP) is 2.50. The van der Waals surface area contributed by atoms with Gasteiger partial charge in [-0.2, -0.15) is 13.2 Å². The van der Waals surface area contributed by atoms with Crippen LogP contribution in [0.2, 0.25) is 0 Å². The fourth-order valence-corrected chi connectivity index (χ4v) is 3.81. The summed E-state index contributed by atoms with van der Waals surface area (Å²) >= 11 is 1.29. The summed E-state index contributed by atoms with van der Waals surface area (Å²) in [7, 11) is 0. The molecule has 0 fully saturated rings. The van der Waals surface area contributed by atoms with Crippen molar-refractivity contribution in [2.45, 2.75) is 12.7 Å². The van der Waals surface area contributed by atoms with E-state index in [1.807, 2.05) is 42.5 Å². The molecular weight excluding hydrogens is 507 g/mol. The molecule has 0 atom stereocenters. The maximum absolute atomic E-state index is 10.5. The molecule has 0 saturated carbocycles. The molecule has 0 saturated heterocycles. The van der Waals surface area contributed by atoms with Crippen LogP contribution in [-0.2, 0) is 11.3 Å². The van der Waals surface area contributed by atoms with Crippen LogP contribution in [0, 0.1) is 0 Å². The summed E-state index contributed by atoms with van der Waals surface area (Å²) in [6.07, 6.45) is -5.19. The second-order valence-corrected chi connectivity index (χ2v) is 8.51. The average Bonchev–Trinajstić information content (AvgIpc) is 3.34. The molecule has 0 aliphatic heterocycles. The highest BCUT2D eigenvalue weighted by Crippen LogP contribution is 2.32. The molecule has 9 nitrogen and oxygen atoms in total. The minimum absolute atomic E-state index is 0.406. The number of carboxylic acids is 1. The molecule has 5 N–H and O–H groups in total. The van der Waals surface area contributed by atoms with E-state index in [-0.39, 0.29) is 0 Å². The van der Waals surface area contributed by atoms with Crippen LogP contribution in [-0.4, -0.2) is 37.3 Å². The van der Waals surface area contributed by atoms with Gasteiger partial charge in [-0.3, -0.25) is 0 Å². The van der Waals surface area contributed by atoms with Gasteiger partial charge in [-0.25, -0.2) is 15.0 Å². The number of nitrogen functional groups attached to an aromatic ring is 1. The maximum atomic E-state index is 10.5. The van der Waals surface area contributed by atoms with Crippen LogP contribution in [0.4, 0.5) is 18.3 Å². The minimum Gasteiger partial charge on any atom is -0.542 e. The Balaban J connectivity index is 0.000000405. The zero-order chi connectivity index (χ0) is 26.6. The molecule has 13 heteroatoms. The van der Waals surface area contributed by atoms with Crippen molar-refractivity contribution in [3.8, 4) is 33.2 Å². The number of rotatable bonds is 4. The summed E-state index contributed by atoms with van der Waals surface area (Å²) in [6.45, 7) is 0.741. The molecule has 188 valence electrons. The van der Waals surface area contributed by atoms with Gasteiger partial charge in [0.1, 0.15) is 17.2 Å². The molecule has 0 aliphatic rings. The Morgan fingerprint density at radius 2 is 1.51 bits per heavy atom. The number of anilines is 1. The van der Waals surface area contributed by atoms with E-state index in [4.69, 9.17) is 25.6 Å². The summed E-state index contributed by atoms with van der Waals surface area (Å²) in [6, 6.07) is 22.1. The molecule has 2 aromatic carbocycles. The van der Waals surface area contributed by atoms with Gasteiger partial charge < -0.3 is 21.4 Å². The van der Waals surface area contributed by atoms with Crippen LogP contribution in [0.3, 0.4) is 0 Å². The highest BCUT2D eigenvalue weighted by molar-refractivity contribution is 7.18. The molecule has 0 spiro atoms. The van der Waals surface area contributed by atoms with Gasteiger partial charge in [0.25, 0.3) is 0 Å². The first-order chi connectivity index (χ1) is 17.7. The van der Waals surface area contributed by atoms with E-state index in [0.717, 1.165) is 29.1 Å². The quantitative estimate of drug-likeness (QED) is 0.362. The third-order valence-electron chi connectivity index (χ3n) is 4.98. The molecule has 3 heterocycles. The van der Waals surface area contributed by atoms with Crippen molar-refractivity contribution in [3.63, 3.8) is 0 Å². The number of carbonyl (C=O) groups is 1. The molecular formula is C24H18F3N7O2S. The average molecular weight is 526 g/mol. The van der Waals surface area contributed by atoms with Crippen molar-refractivity contribution in [3.05, 3.63) is 72.3 Å². The number of hydrogen-bond donors (Lipinski definition) is 2. The number of halogens is 3. The second-order valence-electron chi connectivity index (χ2n) is 7.50. The number of aliphatic carboxylic acids is 1. The van der Waals surface area contributed by atoms with Crippen molar-refractivity contribution in [1.29, 1.82) is 0 Å². The van der Waals surface area contributed by atoms with E-state index in [9.17, 15) is 13.2 Å². The lowest BCUT2D eigenvalue weighted by molar-refractivity contribution is -0.386. The van der Waals surface area contributed by atoms with Gasteiger partial charge in [-0.1, -0.05) is 65.9 Å². The number of fused-ring (bicyclic) bond motifs is 1. The van der Waals surface area contributed by atoms with E-state index < -0.39 is 12.1 Å². The number of alkyl halides is 3. The lowest BCUT2D eigenvalue weighted by atomic mass is 10.0. The fraction of sp³-hybridized carbons (Fsp3) is 0.0833. The first-order valence-electron chi connectivity index (χ1n) is 10.7. The Kier molecular flexibility index (Phi) is 7.36. The van der Waals surface area contributed by atoms with Crippen molar-refractivity contribution >= 4 is 33.6 Å². The van der Waals surface area contributed by atoms with E-state index in [2.05, 4.69) is 45.2 Å². The number of carboxylic acid groups (broad SMARTS) is 1. The normalized spacial score (nSPS) is 11.1. The topological polar surface area (TPSA) is 158 Å². The molecule has 0 radical (unpaired) electrons. The van der Waals surface area contributed by atoms with Crippen molar-refractivity contribution in [2.24, 2.45) is 0 Å². The third kappa shape index (κ3) is 6.02. The highest BCUT2D eigenvalue weighted by Gasteiger charge is 2.28. The Labute approximate surface area is 211 Å². The van der Waals surface area contributed by atoms with Crippen molar-refractivity contribution in [1.82, 2.24) is 25.1 Å². The molecule has 5 rings (SSSR count). The standard InChI is InChI=1S/C22H17N7S.C2HF3O2/c23-12-13-6-8-15(9-7-13)19-18(14-4-2-1-3-5-14)25-16-10-11-17(26-20(16)27-19)21-28-29-22(24)30-21;3-2(4,5)1(6)7/h1-11H,12,23H2,(H2,24,29);(H,6,7). The lowest BCUT2D eigenvalue weighted by Gasteiger charge is -2.11. The first-order valence-corrected chi connectivity index (χ1v) is 11.5. The summed E-state index contributed by atoms with van der Waals surface area (Å²) in [4.78, 5) is 23.3. The number of aromatic nitrogens is 5. The number of hydrogen-bond acceptors (Lipinski definition) is 9. The number of nitrogens with zero attached hydrogens (tertiary/aromatic N) is 5. The molecule has 0 unspecified atom stereocenters. The van der Waals surface area contributed by atoms with Crippen molar-refractivity contribution in [2.75, 3.05) is 5.73 Å². The summed E-state index contributed by atoms with van der Waals surface area (Å²) in [5.41, 5.74) is 16.4. The SMILES string of the molecule is Nc1nnc(-c2ccc3nc(-c4ccccc4)c(-c4ccc(C[NH3+])cc4)nc3n2)s1.O=C([O-])C(F)(F)F. The van der Waals surface area contributed by atoms with E-state index in [1.54, 1.807) is 0 Å². The van der Waals surface area contributed by atoms with Gasteiger partial charge in [0.2, 0.25) is 5.13 Å².